The number of sulfonamides is 1. The normalized spacial score (nSPS) is 19.9. The third-order valence-corrected chi connectivity index (χ3v) is 9.20. The zero-order valence-electron chi connectivity index (χ0n) is 25.5. The maximum absolute atomic E-state index is 14.2. The van der Waals surface area contributed by atoms with E-state index in [1.54, 1.807) is 19.2 Å². The number of benzene rings is 2. The molecule has 44 heavy (non-hydrogen) atoms. The van der Waals surface area contributed by atoms with Crippen molar-refractivity contribution in [3.63, 3.8) is 0 Å². The largest absolute Gasteiger partial charge is 0.497 e. The number of rotatable bonds is 15. The number of nitrogens with zero attached hydrogens (tertiary/aromatic N) is 1. The zero-order chi connectivity index (χ0) is 31.7. The molecular formula is C33H42N4O6S. The van der Waals surface area contributed by atoms with Crippen molar-refractivity contribution in [1.29, 1.82) is 0 Å². The Morgan fingerprint density at radius 3 is 2.27 bits per heavy atom. The van der Waals surface area contributed by atoms with Crippen LogP contribution >= 0.6 is 0 Å². The first-order chi connectivity index (χ1) is 21.0. The second-order valence-electron chi connectivity index (χ2n) is 11.6. The number of hydrogen-bond acceptors (Lipinski definition) is 7. The predicted octanol–water partition coefficient (Wildman–Crippen LogP) is 3.67. The molecule has 3 N–H and O–H groups in total. The van der Waals surface area contributed by atoms with E-state index >= 15 is 0 Å². The summed E-state index contributed by atoms with van der Waals surface area (Å²) in [6.45, 7) is 2.00. The van der Waals surface area contributed by atoms with Crippen LogP contribution in [0.2, 0.25) is 0 Å². The molecule has 0 spiro atoms. The van der Waals surface area contributed by atoms with Crippen LogP contribution in [0.1, 0.15) is 62.3 Å². The lowest BCUT2D eigenvalue weighted by molar-refractivity contribution is -0.133. The van der Waals surface area contributed by atoms with Gasteiger partial charge in [0.2, 0.25) is 15.9 Å². The van der Waals surface area contributed by atoms with Crippen LogP contribution in [-0.2, 0) is 42.7 Å². The minimum Gasteiger partial charge on any atom is -0.497 e. The van der Waals surface area contributed by atoms with Crippen molar-refractivity contribution >= 4 is 27.5 Å². The smallest absolute Gasteiger partial charge is 0.239 e. The van der Waals surface area contributed by atoms with Crippen molar-refractivity contribution in [3.8, 4) is 5.75 Å². The number of carbonyl (C=O) groups is 3. The molecule has 1 heterocycles. The second-order valence-corrected chi connectivity index (χ2v) is 13.4. The van der Waals surface area contributed by atoms with E-state index in [1.807, 2.05) is 49.4 Å². The maximum Gasteiger partial charge on any atom is 0.239 e. The van der Waals surface area contributed by atoms with E-state index in [0.717, 1.165) is 23.8 Å². The number of H-pyrrole nitrogens is 1. The second kappa shape index (κ2) is 14.8. The summed E-state index contributed by atoms with van der Waals surface area (Å²) >= 11 is 0. The molecule has 1 fully saturated rings. The molecule has 3 aromatic rings. The molecule has 1 saturated carbocycles. The van der Waals surface area contributed by atoms with Crippen LogP contribution in [0.4, 0.5) is 0 Å². The Morgan fingerprint density at radius 2 is 1.70 bits per heavy atom. The SMILES string of the molecule is CCCC(=O)C1(c2ccccc2)CCC(C(=O)[C@H](Cc2ccc(OC)cc2)NC(=O)[C@H](Cc2cnc[nH]2)NS(C)(=O)=O)CC1. The Morgan fingerprint density at radius 1 is 1.02 bits per heavy atom. The monoisotopic (exact) mass is 622 g/mol. The van der Waals surface area contributed by atoms with Crippen LogP contribution in [0.3, 0.4) is 0 Å². The Balaban J connectivity index is 1.57. The number of aromatic amines is 1. The van der Waals surface area contributed by atoms with Gasteiger partial charge < -0.3 is 15.0 Å². The van der Waals surface area contributed by atoms with Gasteiger partial charge in [-0.25, -0.2) is 18.1 Å². The number of hydrogen-bond donors (Lipinski definition) is 3. The molecule has 2 aromatic carbocycles. The number of ether oxygens (including phenoxy) is 1. The predicted molar refractivity (Wildman–Crippen MR) is 168 cm³/mol. The van der Waals surface area contributed by atoms with Gasteiger partial charge in [0, 0.05) is 30.7 Å². The van der Waals surface area contributed by atoms with Crippen LogP contribution < -0.4 is 14.8 Å². The third kappa shape index (κ3) is 8.41. The summed E-state index contributed by atoms with van der Waals surface area (Å²) in [6, 6.07) is 15.0. The summed E-state index contributed by atoms with van der Waals surface area (Å²) in [5, 5.41) is 2.87. The van der Waals surface area contributed by atoms with E-state index in [9.17, 15) is 22.8 Å². The summed E-state index contributed by atoms with van der Waals surface area (Å²) in [6.07, 6.45) is 7.57. The van der Waals surface area contributed by atoms with Gasteiger partial charge in [0.1, 0.15) is 17.6 Å². The van der Waals surface area contributed by atoms with Crippen molar-refractivity contribution < 1.29 is 27.5 Å². The molecule has 0 saturated heterocycles. The number of Topliss-reactive ketones (excluding diaryl/α,β-unsaturated/α-hetero) is 2. The molecular weight excluding hydrogens is 580 g/mol. The molecule has 0 unspecified atom stereocenters. The maximum atomic E-state index is 14.2. The van der Waals surface area contributed by atoms with E-state index in [4.69, 9.17) is 4.74 Å². The fourth-order valence-electron chi connectivity index (χ4n) is 6.19. The van der Waals surface area contributed by atoms with Crippen LogP contribution in [0.5, 0.6) is 5.75 Å². The molecule has 0 bridgehead atoms. The summed E-state index contributed by atoms with van der Waals surface area (Å²) in [4.78, 5) is 48.1. The van der Waals surface area contributed by atoms with Gasteiger partial charge >= 0.3 is 0 Å². The number of imidazole rings is 1. The van der Waals surface area contributed by atoms with Crippen LogP contribution in [0.15, 0.2) is 67.1 Å². The van der Waals surface area contributed by atoms with Crippen molar-refractivity contribution in [2.75, 3.05) is 13.4 Å². The molecule has 11 heteroatoms. The van der Waals surface area contributed by atoms with Gasteiger partial charge in [-0.15, -0.1) is 0 Å². The number of ketones is 2. The van der Waals surface area contributed by atoms with Crippen molar-refractivity contribution in [2.24, 2.45) is 5.92 Å². The zero-order valence-corrected chi connectivity index (χ0v) is 26.4. The highest BCUT2D eigenvalue weighted by molar-refractivity contribution is 7.88. The molecule has 4 rings (SSSR count). The van der Waals surface area contributed by atoms with E-state index in [1.165, 1.54) is 12.5 Å². The van der Waals surface area contributed by atoms with Gasteiger partial charge in [-0.3, -0.25) is 14.4 Å². The van der Waals surface area contributed by atoms with Gasteiger partial charge in [-0.1, -0.05) is 49.4 Å². The number of methoxy groups -OCH3 is 1. The summed E-state index contributed by atoms with van der Waals surface area (Å²) in [5.41, 5.74) is 1.75. The Hall–Kier alpha value is -3.83. The van der Waals surface area contributed by atoms with Crippen LogP contribution in [-0.4, -0.2) is 61.3 Å². The standard InChI is InChI=1S/C33H42N4O6S/c1-4-8-30(38)33(25-9-6-5-7-10-25)17-15-24(16-18-33)31(39)28(19-23-11-13-27(43-2)14-12-23)36-32(40)29(37-44(3,41)42)20-26-21-34-22-35-26/h5-7,9-14,21-22,24,28-29,37H,4,8,15-20H2,1-3H3,(H,34,35)(H,36,40)/t24?,28-,29-,33?/m0/s1. The molecule has 1 aliphatic carbocycles. The minimum absolute atomic E-state index is 0.0327. The highest BCUT2D eigenvalue weighted by atomic mass is 32.2. The van der Waals surface area contributed by atoms with Gasteiger partial charge in [0.05, 0.1) is 31.1 Å². The number of aromatic nitrogens is 2. The molecule has 1 amide bonds. The third-order valence-electron chi connectivity index (χ3n) is 8.49. The van der Waals surface area contributed by atoms with Crippen LogP contribution in [0, 0.1) is 5.92 Å². The average Bonchev–Trinajstić information content (AvgIpc) is 3.53. The lowest BCUT2D eigenvalue weighted by Gasteiger charge is -2.40. The van der Waals surface area contributed by atoms with Crippen LogP contribution in [0.25, 0.3) is 0 Å². The van der Waals surface area contributed by atoms with Gasteiger partial charge in [0.25, 0.3) is 0 Å². The van der Waals surface area contributed by atoms with Gasteiger partial charge in [-0.05, 0) is 61.8 Å². The Labute approximate surface area is 259 Å². The van der Waals surface area contributed by atoms with Gasteiger partial charge in [-0.2, -0.15) is 0 Å². The Bertz CT molecular complexity index is 1500. The lowest BCUT2D eigenvalue weighted by atomic mass is 9.62. The average molecular weight is 623 g/mol. The number of carbonyl (C=O) groups excluding carboxylic acids is 3. The molecule has 0 aliphatic heterocycles. The van der Waals surface area contributed by atoms with E-state index in [-0.39, 0.29) is 30.3 Å². The van der Waals surface area contributed by atoms with Crippen molar-refractivity contribution in [3.05, 3.63) is 83.9 Å². The van der Waals surface area contributed by atoms with Crippen molar-refractivity contribution in [2.45, 2.75) is 75.8 Å². The molecule has 10 nitrogen and oxygen atoms in total. The molecule has 236 valence electrons. The molecule has 0 radical (unpaired) electrons. The molecule has 1 aromatic heterocycles. The molecule has 2 atom stereocenters. The van der Waals surface area contributed by atoms with Crippen molar-refractivity contribution in [1.82, 2.24) is 20.0 Å². The van der Waals surface area contributed by atoms with E-state index in [0.29, 0.717) is 43.5 Å². The fraction of sp³-hybridized carbons (Fsp3) is 0.455. The first kappa shape index (κ1) is 33.1. The minimum atomic E-state index is -3.74. The highest BCUT2D eigenvalue weighted by Gasteiger charge is 2.44. The number of amides is 1. The summed E-state index contributed by atoms with van der Waals surface area (Å²) in [5.74, 6) is -0.228. The number of nitrogens with one attached hydrogen (secondary N) is 3. The lowest BCUT2D eigenvalue weighted by Crippen LogP contribution is -2.54. The van der Waals surface area contributed by atoms with E-state index < -0.39 is 33.4 Å². The Kier molecular flexibility index (Phi) is 11.1. The quantitative estimate of drug-likeness (QED) is 0.234. The first-order valence-electron chi connectivity index (χ1n) is 15.0. The topological polar surface area (TPSA) is 147 Å². The highest BCUT2D eigenvalue weighted by Crippen LogP contribution is 2.44. The first-order valence-corrected chi connectivity index (χ1v) is 16.9. The summed E-state index contributed by atoms with van der Waals surface area (Å²) < 4.78 is 32.0. The molecule has 1 aliphatic rings. The summed E-state index contributed by atoms with van der Waals surface area (Å²) in [7, 11) is -2.17. The van der Waals surface area contributed by atoms with Gasteiger partial charge in [0.15, 0.2) is 5.78 Å². The fourth-order valence-corrected chi connectivity index (χ4v) is 6.89. The van der Waals surface area contributed by atoms with E-state index in [2.05, 4.69) is 20.0 Å².